The largest absolute Gasteiger partial charge is 0.480 e. The van der Waals surface area contributed by atoms with Crippen molar-refractivity contribution >= 4 is 23.6 Å². The predicted octanol–water partition coefficient (Wildman–Crippen LogP) is 0.880. The minimum Gasteiger partial charge on any atom is -0.480 e. The number of hydrogen-bond acceptors (Lipinski definition) is 5. The van der Waals surface area contributed by atoms with E-state index in [1.165, 1.54) is 16.7 Å². The fraction of sp³-hybridized carbons (Fsp3) is 0.538. The molecule has 114 valence electrons. The molecule has 1 aromatic heterocycles. The van der Waals surface area contributed by atoms with Gasteiger partial charge in [0, 0.05) is 12.2 Å². The molecule has 2 heterocycles. The maximum Gasteiger partial charge on any atom is 0.346 e. The number of aromatic amines is 1. The van der Waals surface area contributed by atoms with Gasteiger partial charge < -0.3 is 15.0 Å². The Bertz CT molecular complexity index is 628. The molecule has 0 saturated carbocycles. The van der Waals surface area contributed by atoms with Crippen molar-refractivity contribution in [1.82, 2.24) is 14.9 Å². The van der Waals surface area contributed by atoms with Gasteiger partial charge in [-0.2, -0.15) is 4.98 Å². The van der Waals surface area contributed by atoms with Gasteiger partial charge in [0.2, 0.25) is 0 Å². The Hall–Kier alpha value is -1.83. The van der Waals surface area contributed by atoms with E-state index in [0.717, 1.165) is 12.8 Å². The Kier molecular flexibility index (Phi) is 4.66. The summed E-state index contributed by atoms with van der Waals surface area (Å²) >= 11 is 1.20. The molecule has 0 bridgehead atoms. The second-order valence-corrected chi connectivity index (χ2v) is 5.69. The molecule has 1 aliphatic rings. The number of carbonyl (C=O) groups excluding carboxylic acids is 1. The Balaban J connectivity index is 2.43. The van der Waals surface area contributed by atoms with E-state index in [1.807, 2.05) is 0 Å². The molecule has 21 heavy (non-hydrogen) atoms. The van der Waals surface area contributed by atoms with Gasteiger partial charge in [-0.05, 0) is 32.4 Å². The Morgan fingerprint density at radius 2 is 2.14 bits per heavy atom. The van der Waals surface area contributed by atoms with E-state index in [1.54, 1.807) is 13.2 Å². The molecular weight excluding hydrogens is 294 g/mol. The summed E-state index contributed by atoms with van der Waals surface area (Å²) in [6.07, 6.45) is 3.74. The zero-order valence-electron chi connectivity index (χ0n) is 11.9. The molecule has 1 aromatic rings. The molecule has 1 aliphatic heterocycles. The lowest BCUT2D eigenvalue weighted by molar-refractivity contribution is -0.143. The summed E-state index contributed by atoms with van der Waals surface area (Å²) in [5, 5.41) is 9.60. The second-order valence-electron chi connectivity index (χ2n) is 4.90. The number of amides is 1. The van der Waals surface area contributed by atoms with Crippen molar-refractivity contribution in [1.29, 1.82) is 0 Å². The van der Waals surface area contributed by atoms with Crippen LogP contribution in [0.2, 0.25) is 0 Å². The first-order valence-corrected chi connectivity index (χ1v) is 7.87. The number of hydrogen-bond donors (Lipinski definition) is 2. The van der Waals surface area contributed by atoms with Gasteiger partial charge in [-0.15, -0.1) is 11.8 Å². The number of rotatable bonds is 3. The highest BCUT2D eigenvalue weighted by Gasteiger charge is 2.34. The van der Waals surface area contributed by atoms with E-state index >= 15 is 0 Å². The van der Waals surface area contributed by atoms with E-state index in [-0.39, 0.29) is 11.5 Å². The summed E-state index contributed by atoms with van der Waals surface area (Å²) in [7, 11) is 0. The molecule has 1 fully saturated rings. The average Bonchev–Trinajstić information content (AvgIpc) is 2.45. The van der Waals surface area contributed by atoms with Crippen LogP contribution in [-0.4, -0.2) is 50.7 Å². The number of aromatic nitrogens is 2. The van der Waals surface area contributed by atoms with Crippen molar-refractivity contribution in [2.24, 2.45) is 0 Å². The zero-order chi connectivity index (χ0) is 15.6. The number of aliphatic carboxylic acids is 1. The van der Waals surface area contributed by atoms with Gasteiger partial charge in [0.1, 0.15) is 11.1 Å². The molecule has 1 atom stereocenters. The van der Waals surface area contributed by atoms with Crippen LogP contribution in [0.5, 0.6) is 0 Å². The van der Waals surface area contributed by atoms with Crippen LogP contribution in [0, 0.1) is 6.92 Å². The molecule has 0 aliphatic carbocycles. The SMILES string of the molecule is CSc1nc(=O)[nH]c(C)c1C(=O)N1CCCCC1C(=O)O. The van der Waals surface area contributed by atoms with Gasteiger partial charge in [-0.3, -0.25) is 4.79 Å². The highest BCUT2D eigenvalue weighted by molar-refractivity contribution is 7.98. The minimum absolute atomic E-state index is 0.287. The molecule has 0 aromatic carbocycles. The lowest BCUT2D eigenvalue weighted by atomic mass is 10.0. The molecule has 0 radical (unpaired) electrons. The smallest absolute Gasteiger partial charge is 0.346 e. The van der Waals surface area contributed by atoms with Crippen LogP contribution in [0.4, 0.5) is 0 Å². The minimum atomic E-state index is -0.996. The molecule has 1 amide bonds. The number of nitrogens with zero attached hydrogens (tertiary/aromatic N) is 2. The summed E-state index contributed by atoms with van der Waals surface area (Å²) in [5.41, 5.74) is 0.191. The van der Waals surface area contributed by atoms with Gasteiger partial charge in [-0.1, -0.05) is 0 Å². The van der Waals surface area contributed by atoms with Gasteiger partial charge in [0.05, 0.1) is 5.56 Å². The standard InChI is InChI=1S/C13H17N3O4S/c1-7-9(10(21-2)15-13(20)14-7)11(17)16-6-4-3-5-8(16)12(18)19/h8H,3-6H2,1-2H3,(H,18,19)(H,14,15,20). The maximum absolute atomic E-state index is 12.7. The third-order valence-corrected chi connectivity index (χ3v) is 4.22. The topological polar surface area (TPSA) is 103 Å². The third-order valence-electron chi connectivity index (χ3n) is 3.54. The molecule has 7 nitrogen and oxygen atoms in total. The summed E-state index contributed by atoms with van der Waals surface area (Å²) in [6, 6.07) is -0.813. The van der Waals surface area contributed by atoms with Crippen LogP contribution in [0.3, 0.4) is 0 Å². The monoisotopic (exact) mass is 311 g/mol. The van der Waals surface area contributed by atoms with E-state index in [2.05, 4.69) is 9.97 Å². The summed E-state index contributed by atoms with van der Waals surface area (Å²) in [5.74, 6) is -1.38. The molecule has 8 heteroatoms. The highest BCUT2D eigenvalue weighted by Crippen LogP contribution is 2.24. The zero-order valence-corrected chi connectivity index (χ0v) is 12.7. The molecule has 0 spiro atoms. The Labute approximate surface area is 125 Å². The van der Waals surface area contributed by atoms with Crippen LogP contribution in [0.1, 0.15) is 35.3 Å². The normalized spacial score (nSPS) is 18.6. The number of carboxylic acids is 1. The molecule has 2 rings (SSSR count). The summed E-state index contributed by atoms with van der Waals surface area (Å²) in [4.78, 5) is 43.1. The van der Waals surface area contributed by atoms with Crippen LogP contribution >= 0.6 is 11.8 Å². The van der Waals surface area contributed by atoms with Crippen molar-refractivity contribution in [2.45, 2.75) is 37.3 Å². The summed E-state index contributed by atoms with van der Waals surface area (Å²) < 4.78 is 0. The average molecular weight is 311 g/mol. The van der Waals surface area contributed by atoms with Crippen molar-refractivity contribution in [3.8, 4) is 0 Å². The quantitative estimate of drug-likeness (QED) is 0.634. The number of carbonyl (C=O) groups is 2. The van der Waals surface area contributed by atoms with Crippen LogP contribution < -0.4 is 5.69 Å². The van der Waals surface area contributed by atoms with E-state index in [0.29, 0.717) is 23.7 Å². The first-order chi connectivity index (χ1) is 9.95. The third kappa shape index (κ3) is 3.10. The maximum atomic E-state index is 12.7. The van der Waals surface area contributed by atoms with Crippen molar-refractivity contribution in [3.63, 3.8) is 0 Å². The van der Waals surface area contributed by atoms with E-state index < -0.39 is 17.7 Å². The summed E-state index contributed by atoms with van der Waals surface area (Å²) in [6.45, 7) is 2.03. The first-order valence-electron chi connectivity index (χ1n) is 6.64. The highest BCUT2D eigenvalue weighted by atomic mass is 32.2. The van der Waals surface area contributed by atoms with Crippen LogP contribution in [0.25, 0.3) is 0 Å². The lowest BCUT2D eigenvalue weighted by Crippen LogP contribution is -2.48. The predicted molar refractivity (Wildman–Crippen MR) is 77.7 cm³/mol. The number of thioether (sulfide) groups is 1. The van der Waals surface area contributed by atoms with Gasteiger partial charge in [-0.25, -0.2) is 9.59 Å². The van der Waals surface area contributed by atoms with Crippen molar-refractivity contribution in [2.75, 3.05) is 12.8 Å². The number of nitrogens with one attached hydrogen (secondary N) is 1. The number of H-pyrrole nitrogens is 1. The van der Waals surface area contributed by atoms with Crippen LogP contribution in [-0.2, 0) is 4.79 Å². The second kappa shape index (κ2) is 6.30. The molecule has 1 unspecified atom stereocenters. The first kappa shape index (κ1) is 15.6. The number of carboxylic acid groups (broad SMARTS) is 1. The Morgan fingerprint density at radius 1 is 1.43 bits per heavy atom. The van der Waals surface area contributed by atoms with Crippen molar-refractivity contribution < 1.29 is 14.7 Å². The molecular formula is C13H17N3O4S. The van der Waals surface area contributed by atoms with Crippen LogP contribution in [0.15, 0.2) is 9.82 Å². The molecule has 1 saturated heterocycles. The fourth-order valence-corrected chi connectivity index (χ4v) is 3.15. The Morgan fingerprint density at radius 3 is 2.76 bits per heavy atom. The van der Waals surface area contributed by atoms with Gasteiger partial charge >= 0.3 is 11.7 Å². The fourth-order valence-electron chi connectivity index (χ4n) is 2.53. The lowest BCUT2D eigenvalue weighted by Gasteiger charge is -2.33. The van der Waals surface area contributed by atoms with Gasteiger partial charge in [0.25, 0.3) is 5.91 Å². The van der Waals surface area contributed by atoms with E-state index in [9.17, 15) is 19.5 Å². The number of piperidine rings is 1. The number of likely N-dealkylation sites (tertiary alicyclic amines) is 1. The number of aryl methyl sites for hydroxylation is 1. The van der Waals surface area contributed by atoms with E-state index in [4.69, 9.17) is 0 Å². The van der Waals surface area contributed by atoms with Crippen molar-refractivity contribution in [3.05, 3.63) is 21.7 Å². The molecule has 2 N–H and O–H groups in total. The van der Waals surface area contributed by atoms with Gasteiger partial charge in [0.15, 0.2) is 0 Å².